The summed E-state index contributed by atoms with van der Waals surface area (Å²) in [5, 5.41) is 2.12. The van der Waals surface area contributed by atoms with Crippen molar-refractivity contribution in [3.05, 3.63) is 49.6 Å². The Labute approximate surface area is 143 Å². The monoisotopic (exact) mass is 406 g/mol. The molecule has 0 N–H and O–H groups in total. The Hall–Kier alpha value is -0.620. The highest BCUT2D eigenvalue weighted by atomic mass is 79.9. The highest BCUT2D eigenvalue weighted by Gasteiger charge is 2.15. The van der Waals surface area contributed by atoms with Gasteiger partial charge in [0.25, 0.3) is 0 Å². The summed E-state index contributed by atoms with van der Waals surface area (Å²) >= 11 is 16.9. The molecule has 2 aromatic heterocycles. The van der Waals surface area contributed by atoms with Crippen LogP contribution in [0.5, 0.6) is 0 Å². The van der Waals surface area contributed by atoms with Gasteiger partial charge in [0, 0.05) is 27.7 Å². The molecule has 0 aliphatic heterocycles. The predicted octanol–water partition coefficient (Wildman–Crippen LogP) is 5.48. The summed E-state index contributed by atoms with van der Waals surface area (Å²) in [5.41, 5.74) is 1.42. The first-order valence-electron chi connectivity index (χ1n) is 6.22. The van der Waals surface area contributed by atoms with Gasteiger partial charge in [0.1, 0.15) is 11.6 Å². The minimum Gasteiger partial charge on any atom is -0.323 e. The minimum absolute atomic E-state index is 0.103. The van der Waals surface area contributed by atoms with Crippen molar-refractivity contribution in [3.8, 4) is 0 Å². The van der Waals surface area contributed by atoms with Gasteiger partial charge in [-0.25, -0.2) is 9.37 Å². The third kappa shape index (κ3) is 2.97. The summed E-state index contributed by atoms with van der Waals surface area (Å²) in [6, 6.07) is 5.00. The minimum atomic E-state index is -0.455. The fourth-order valence-electron chi connectivity index (χ4n) is 2.20. The molecular weight excluding hydrogens is 398 g/mol. The molecule has 1 aromatic carbocycles. The number of benzene rings is 1. The van der Waals surface area contributed by atoms with Crippen LogP contribution >= 0.6 is 50.5 Å². The van der Waals surface area contributed by atoms with Crippen LogP contribution in [0.2, 0.25) is 5.02 Å². The van der Waals surface area contributed by atoms with E-state index in [4.69, 9.17) is 23.2 Å². The molecular formula is C14H10BrCl2FN2S. The van der Waals surface area contributed by atoms with Crippen LogP contribution in [0.3, 0.4) is 0 Å². The van der Waals surface area contributed by atoms with E-state index in [1.165, 1.54) is 10.9 Å². The molecule has 0 saturated heterocycles. The number of thiophene rings is 1. The van der Waals surface area contributed by atoms with Gasteiger partial charge in [0.15, 0.2) is 0 Å². The standard InChI is InChI=1S/C14H10BrCl2FN2S/c15-8-2-4-21-13(8)7-20-12-5-9(17)10(18)6-11(12)19-14(20)1-3-16/h2,4-6H,1,3,7H2. The molecule has 2 heterocycles. The smallest absolute Gasteiger partial charge is 0.144 e. The highest BCUT2D eigenvalue weighted by Crippen LogP contribution is 2.28. The van der Waals surface area contributed by atoms with Crippen LogP contribution < -0.4 is 0 Å². The third-order valence-electron chi connectivity index (χ3n) is 3.18. The molecule has 21 heavy (non-hydrogen) atoms. The van der Waals surface area contributed by atoms with Crippen molar-refractivity contribution >= 4 is 61.5 Å². The number of fused-ring (bicyclic) bond motifs is 1. The van der Waals surface area contributed by atoms with Crippen molar-refractivity contribution in [1.29, 1.82) is 0 Å². The number of halogens is 4. The maximum absolute atomic E-state index is 13.6. The number of alkyl halides is 1. The lowest BCUT2D eigenvalue weighted by molar-refractivity contribution is 0.629. The van der Waals surface area contributed by atoms with Gasteiger partial charge < -0.3 is 4.57 Å². The number of imidazole rings is 1. The van der Waals surface area contributed by atoms with Crippen molar-refractivity contribution in [3.63, 3.8) is 0 Å². The summed E-state index contributed by atoms with van der Waals surface area (Å²) in [6.07, 6.45) is 0.623. The number of aromatic nitrogens is 2. The first kappa shape index (κ1) is 15.3. The largest absolute Gasteiger partial charge is 0.323 e. The van der Waals surface area contributed by atoms with E-state index in [9.17, 15) is 4.39 Å². The van der Waals surface area contributed by atoms with Gasteiger partial charge in [-0.15, -0.1) is 22.9 Å². The second-order valence-electron chi connectivity index (χ2n) is 4.50. The lowest BCUT2D eigenvalue weighted by atomic mass is 10.3. The van der Waals surface area contributed by atoms with Crippen LogP contribution in [-0.4, -0.2) is 15.4 Å². The highest BCUT2D eigenvalue weighted by molar-refractivity contribution is 9.10. The van der Waals surface area contributed by atoms with Gasteiger partial charge in [-0.2, -0.15) is 0 Å². The number of nitrogens with zero attached hydrogens (tertiary/aromatic N) is 2. The zero-order chi connectivity index (χ0) is 15.0. The number of hydrogen-bond donors (Lipinski definition) is 0. The van der Waals surface area contributed by atoms with Crippen molar-refractivity contribution < 1.29 is 4.39 Å². The van der Waals surface area contributed by atoms with E-state index in [-0.39, 0.29) is 5.02 Å². The Bertz CT molecular complexity index is 800. The second kappa shape index (κ2) is 6.24. The van der Waals surface area contributed by atoms with Crippen molar-refractivity contribution in [1.82, 2.24) is 9.55 Å². The molecule has 0 spiro atoms. The van der Waals surface area contributed by atoms with Crippen LogP contribution in [0.1, 0.15) is 10.7 Å². The van der Waals surface area contributed by atoms with E-state index in [2.05, 4.69) is 20.9 Å². The molecule has 3 rings (SSSR count). The van der Waals surface area contributed by atoms with E-state index in [0.29, 0.717) is 24.4 Å². The van der Waals surface area contributed by atoms with E-state index < -0.39 is 5.82 Å². The summed E-state index contributed by atoms with van der Waals surface area (Å²) in [7, 11) is 0. The zero-order valence-electron chi connectivity index (χ0n) is 10.7. The maximum atomic E-state index is 13.6. The Morgan fingerprint density at radius 3 is 2.86 bits per heavy atom. The molecule has 0 unspecified atom stereocenters. The van der Waals surface area contributed by atoms with Gasteiger partial charge in [0.05, 0.1) is 22.6 Å². The van der Waals surface area contributed by atoms with Crippen LogP contribution in [0.25, 0.3) is 11.0 Å². The first-order valence-corrected chi connectivity index (χ1v) is 8.80. The first-order chi connectivity index (χ1) is 10.1. The van der Waals surface area contributed by atoms with Crippen LogP contribution in [0.4, 0.5) is 4.39 Å². The Kier molecular flexibility index (Phi) is 4.54. The van der Waals surface area contributed by atoms with E-state index in [1.807, 2.05) is 16.0 Å². The van der Waals surface area contributed by atoms with Crippen molar-refractivity contribution in [2.75, 3.05) is 5.88 Å². The normalized spacial score (nSPS) is 11.4. The van der Waals surface area contributed by atoms with Crippen LogP contribution in [-0.2, 0) is 13.0 Å². The molecule has 0 bridgehead atoms. The van der Waals surface area contributed by atoms with Crippen LogP contribution in [0, 0.1) is 5.82 Å². The summed E-state index contributed by atoms with van der Waals surface area (Å²) < 4.78 is 16.7. The van der Waals surface area contributed by atoms with E-state index in [1.54, 1.807) is 17.4 Å². The second-order valence-corrected chi connectivity index (χ2v) is 7.14. The van der Waals surface area contributed by atoms with Gasteiger partial charge in [-0.05, 0) is 33.4 Å². The maximum Gasteiger partial charge on any atom is 0.144 e. The zero-order valence-corrected chi connectivity index (χ0v) is 14.7. The molecule has 0 saturated carbocycles. The molecule has 0 aliphatic rings. The van der Waals surface area contributed by atoms with E-state index >= 15 is 0 Å². The molecule has 0 aliphatic carbocycles. The predicted molar refractivity (Wildman–Crippen MR) is 90.2 cm³/mol. The number of aryl methyl sites for hydroxylation is 1. The molecule has 110 valence electrons. The average Bonchev–Trinajstić information content (AvgIpc) is 2.98. The molecule has 0 amide bonds. The lowest BCUT2D eigenvalue weighted by Gasteiger charge is -2.08. The van der Waals surface area contributed by atoms with Gasteiger partial charge in [-0.1, -0.05) is 11.6 Å². The van der Waals surface area contributed by atoms with Gasteiger partial charge in [0.2, 0.25) is 0 Å². The molecule has 7 heteroatoms. The molecule has 3 aromatic rings. The number of rotatable bonds is 4. The fourth-order valence-corrected chi connectivity index (χ4v) is 4.00. The van der Waals surface area contributed by atoms with Gasteiger partial charge >= 0.3 is 0 Å². The Balaban J connectivity index is 2.15. The third-order valence-corrected chi connectivity index (χ3v) is 5.57. The average molecular weight is 408 g/mol. The molecule has 0 fully saturated rings. The van der Waals surface area contributed by atoms with E-state index in [0.717, 1.165) is 15.8 Å². The van der Waals surface area contributed by atoms with Crippen LogP contribution in [0.15, 0.2) is 28.1 Å². The Morgan fingerprint density at radius 1 is 1.38 bits per heavy atom. The van der Waals surface area contributed by atoms with Gasteiger partial charge in [-0.3, -0.25) is 0 Å². The quantitative estimate of drug-likeness (QED) is 0.523. The SMILES string of the molecule is Fc1cc2nc(CCCl)n(Cc3sccc3Br)c2cc1Cl. The van der Waals surface area contributed by atoms with Crippen molar-refractivity contribution in [2.24, 2.45) is 0 Å². The topological polar surface area (TPSA) is 17.8 Å². The number of hydrogen-bond acceptors (Lipinski definition) is 2. The molecule has 0 atom stereocenters. The molecule has 0 radical (unpaired) electrons. The summed E-state index contributed by atoms with van der Waals surface area (Å²) in [5.74, 6) is 0.844. The lowest BCUT2D eigenvalue weighted by Crippen LogP contribution is -2.05. The fraction of sp³-hybridized carbons (Fsp3) is 0.214. The Morgan fingerprint density at radius 2 is 2.19 bits per heavy atom. The summed E-state index contributed by atoms with van der Waals surface area (Å²) in [4.78, 5) is 5.66. The molecule has 2 nitrogen and oxygen atoms in total. The van der Waals surface area contributed by atoms with Crippen molar-refractivity contribution in [2.45, 2.75) is 13.0 Å². The summed E-state index contributed by atoms with van der Waals surface area (Å²) in [6.45, 7) is 0.656.